The van der Waals surface area contributed by atoms with Gasteiger partial charge >= 0.3 is 24.0 Å². The van der Waals surface area contributed by atoms with Crippen molar-refractivity contribution in [2.24, 2.45) is 0 Å². The van der Waals surface area contributed by atoms with Gasteiger partial charge in [-0.05, 0) is 59.7 Å². The highest BCUT2D eigenvalue weighted by atomic mass is 16.4. The molecule has 0 heterocycles. The third kappa shape index (κ3) is 9.63. The Hall–Kier alpha value is -7.90. The number of hydrogen-bond acceptors (Lipinski definition) is 14. The van der Waals surface area contributed by atoms with Crippen molar-refractivity contribution in [1.82, 2.24) is 10.2 Å². The fraction of sp³-hybridized carbons (Fsp3) is 0.0909. The minimum atomic E-state index is -1.72. The largest absolute Gasteiger partial charge is 0.508 e. The Morgan fingerprint density at radius 3 is 1.43 bits per heavy atom. The highest BCUT2D eigenvalue weighted by Crippen LogP contribution is 2.31. The molecule has 0 saturated heterocycles. The van der Waals surface area contributed by atoms with Crippen LogP contribution in [0.2, 0.25) is 0 Å². The summed E-state index contributed by atoms with van der Waals surface area (Å²) in [6.45, 7) is -0.570. The number of imide groups is 1. The molecule has 4 rings (SSSR count). The predicted octanol–water partition coefficient (Wildman–Crippen LogP) is 2.16. The number of carbonyl (C=O) groups excluding carboxylic acids is 2. The lowest BCUT2D eigenvalue weighted by Crippen LogP contribution is -2.42. The fourth-order valence-corrected chi connectivity index (χ4v) is 4.49. The standard InChI is InChI=1S/C17H15NO9.C16H13NO9/c19-8-5-9(14(22)10(6-8)16(24)25)15(23)18-11(17(26)27)3-7-1-2-12(20)13(21)4-7;18-8-4-9(13(21)10(5-8)15(23)24)14(22)17(16(25)26)6-7-1-2-11(19)12(20)3-7/h1-2,4-6,11,19-22H,3H2,(H,18,23)(H,24,25)(H,26,27);1-5,18-21H,6H2,(H,23,24)(H,25,26). The van der Waals surface area contributed by atoms with Crippen LogP contribution in [0.4, 0.5) is 4.79 Å². The summed E-state index contributed by atoms with van der Waals surface area (Å²) in [5.74, 6) is -12.1. The first-order valence-electron chi connectivity index (χ1n) is 14.4. The lowest BCUT2D eigenvalue weighted by molar-refractivity contribution is -0.139. The van der Waals surface area contributed by atoms with Gasteiger partial charge in [-0.15, -0.1) is 0 Å². The molecule has 0 saturated carbocycles. The van der Waals surface area contributed by atoms with Gasteiger partial charge in [0.2, 0.25) is 0 Å². The normalized spacial score (nSPS) is 10.9. The van der Waals surface area contributed by atoms with Crippen molar-refractivity contribution in [2.45, 2.75) is 19.0 Å². The number of nitrogens with one attached hydrogen (secondary N) is 1. The van der Waals surface area contributed by atoms with Gasteiger partial charge in [-0.2, -0.15) is 0 Å². The van der Waals surface area contributed by atoms with E-state index in [0.717, 1.165) is 42.5 Å². The molecule has 0 spiro atoms. The number of phenolic OH excluding ortho intramolecular Hbond substituents is 6. The number of nitrogens with zero attached hydrogens (tertiary/aromatic N) is 1. The molecule has 0 bridgehead atoms. The van der Waals surface area contributed by atoms with Gasteiger partial charge in [0.1, 0.15) is 40.2 Å². The highest BCUT2D eigenvalue weighted by molar-refractivity contribution is 6.07. The zero-order valence-electron chi connectivity index (χ0n) is 26.5. The number of aromatic hydroxyl groups is 8. The van der Waals surface area contributed by atoms with Gasteiger partial charge in [-0.25, -0.2) is 24.1 Å². The third-order valence-electron chi connectivity index (χ3n) is 7.06. The van der Waals surface area contributed by atoms with E-state index in [2.05, 4.69) is 5.32 Å². The second-order valence-electron chi connectivity index (χ2n) is 10.8. The van der Waals surface area contributed by atoms with Crippen molar-refractivity contribution in [2.75, 3.05) is 0 Å². The maximum absolute atomic E-state index is 12.5. The van der Waals surface area contributed by atoms with Crippen molar-refractivity contribution in [3.8, 4) is 46.0 Å². The zero-order chi connectivity index (χ0) is 39.9. The monoisotopic (exact) mass is 740 g/mol. The molecule has 0 radical (unpaired) electrons. The topological polar surface area (TPSA) is 360 Å². The van der Waals surface area contributed by atoms with Crippen LogP contribution in [0, 0.1) is 0 Å². The number of benzene rings is 4. The maximum atomic E-state index is 12.5. The molecule has 53 heavy (non-hydrogen) atoms. The summed E-state index contributed by atoms with van der Waals surface area (Å²) in [6.07, 6.45) is -2.00. The lowest BCUT2D eigenvalue weighted by Gasteiger charge is -2.19. The number of carboxylic acid groups (broad SMARTS) is 4. The van der Waals surface area contributed by atoms with Crippen LogP contribution in [-0.4, -0.2) is 108 Å². The number of aromatic carboxylic acids is 2. The fourth-order valence-electron chi connectivity index (χ4n) is 4.49. The van der Waals surface area contributed by atoms with Gasteiger partial charge in [-0.1, -0.05) is 12.1 Å². The van der Waals surface area contributed by atoms with E-state index in [1.165, 1.54) is 12.1 Å². The predicted molar refractivity (Wildman–Crippen MR) is 173 cm³/mol. The Morgan fingerprint density at radius 1 is 0.547 bits per heavy atom. The summed E-state index contributed by atoms with van der Waals surface area (Å²) in [6, 6.07) is 8.44. The first-order chi connectivity index (χ1) is 24.7. The smallest absolute Gasteiger partial charge is 0.414 e. The van der Waals surface area contributed by atoms with Crippen LogP contribution in [0.1, 0.15) is 52.6 Å². The van der Waals surface area contributed by atoms with Gasteiger partial charge in [0.25, 0.3) is 11.8 Å². The average Bonchev–Trinajstić information content (AvgIpc) is 3.07. The van der Waals surface area contributed by atoms with Crippen molar-refractivity contribution in [3.63, 3.8) is 0 Å². The third-order valence-corrected chi connectivity index (χ3v) is 7.06. The number of carbonyl (C=O) groups is 6. The maximum Gasteiger partial charge on any atom is 0.414 e. The second kappa shape index (κ2) is 16.2. The van der Waals surface area contributed by atoms with Crippen molar-refractivity contribution < 1.29 is 90.0 Å². The quantitative estimate of drug-likeness (QED) is 0.0818. The first-order valence-corrected chi connectivity index (χ1v) is 14.4. The van der Waals surface area contributed by atoms with E-state index in [9.17, 15) is 79.8 Å². The highest BCUT2D eigenvalue weighted by Gasteiger charge is 2.29. The van der Waals surface area contributed by atoms with E-state index in [0.29, 0.717) is 6.07 Å². The summed E-state index contributed by atoms with van der Waals surface area (Å²) in [4.78, 5) is 69.9. The zero-order valence-corrected chi connectivity index (χ0v) is 26.5. The average molecular weight is 741 g/mol. The SMILES string of the molecule is O=C(O)c1cc(O)cc(C(=O)N(Cc2ccc(O)c(O)c2)C(=O)O)c1O.O=C(O)c1cc(O)cc(C(=O)NC(Cc2ccc(O)c(O)c2)C(=O)O)c1O. The Kier molecular flexibility index (Phi) is 12.1. The van der Waals surface area contributed by atoms with Gasteiger partial charge in [0.15, 0.2) is 23.0 Å². The van der Waals surface area contributed by atoms with E-state index >= 15 is 0 Å². The Morgan fingerprint density at radius 2 is 0.981 bits per heavy atom. The molecule has 4 aromatic rings. The van der Waals surface area contributed by atoms with Crippen molar-refractivity contribution >= 4 is 35.8 Å². The minimum absolute atomic E-state index is 0.133. The molecule has 278 valence electrons. The summed E-state index contributed by atoms with van der Waals surface area (Å²) in [5, 5.41) is 115. The number of amides is 3. The second-order valence-corrected chi connectivity index (χ2v) is 10.8. The molecular weight excluding hydrogens is 712 g/mol. The Labute approximate surface area is 295 Å². The molecule has 0 aromatic heterocycles. The molecule has 20 nitrogen and oxygen atoms in total. The molecule has 0 aliphatic rings. The van der Waals surface area contributed by atoms with E-state index in [-0.39, 0.29) is 22.4 Å². The summed E-state index contributed by atoms with van der Waals surface area (Å²) < 4.78 is 0. The molecule has 4 aromatic carbocycles. The number of aliphatic carboxylic acids is 1. The van der Waals surface area contributed by atoms with E-state index < -0.39 is 117 Å². The van der Waals surface area contributed by atoms with Crippen LogP contribution in [0.15, 0.2) is 60.7 Å². The Balaban J connectivity index is 0.000000286. The molecule has 1 unspecified atom stereocenters. The number of carboxylic acids is 3. The molecule has 0 fully saturated rings. The number of phenols is 8. The number of rotatable bonds is 10. The van der Waals surface area contributed by atoms with Gasteiger partial charge < -0.3 is 66.6 Å². The van der Waals surface area contributed by atoms with Gasteiger partial charge in [0.05, 0.1) is 17.7 Å². The van der Waals surface area contributed by atoms with E-state index in [4.69, 9.17) is 10.2 Å². The molecule has 0 aliphatic heterocycles. The molecule has 0 aliphatic carbocycles. The minimum Gasteiger partial charge on any atom is -0.508 e. The van der Waals surface area contributed by atoms with Gasteiger partial charge in [-0.3, -0.25) is 9.59 Å². The lowest BCUT2D eigenvalue weighted by atomic mass is 10.0. The Bertz CT molecular complexity index is 2130. The van der Waals surface area contributed by atoms with E-state index in [1.807, 2.05) is 0 Å². The molecular formula is C33H28N2O18. The van der Waals surface area contributed by atoms with Crippen molar-refractivity contribution in [1.29, 1.82) is 0 Å². The van der Waals surface area contributed by atoms with Gasteiger partial charge in [0, 0.05) is 6.42 Å². The van der Waals surface area contributed by atoms with Crippen LogP contribution < -0.4 is 5.32 Å². The van der Waals surface area contributed by atoms with Crippen LogP contribution in [0.5, 0.6) is 46.0 Å². The van der Waals surface area contributed by atoms with E-state index in [1.54, 1.807) is 0 Å². The van der Waals surface area contributed by atoms with Crippen LogP contribution in [0.3, 0.4) is 0 Å². The molecule has 20 heteroatoms. The summed E-state index contributed by atoms with van der Waals surface area (Å²) in [5.41, 5.74) is -2.44. The number of hydrogen-bond donors (Lipinski definition) is 13. The molecule has 1 atom stereocenters. The summed E-state index contributed by atoms with van der Waals surface area (Å²) in [7, 11) is 0. The van der Waals surface area contributed by atoms with Crippen LogP contribution in [-0.2, 0) is 17.8 Å². The van der Waals surface area contributed by atoms with Crippen molar-refractivity contribution in [3.05, 3.63) is 94.0 Å². The molecule has 3 amide bonds. The first kappa shape index (κ1) is 39.5. The summed E-state index contributed by atoms with van der Waals surface area (Å²) >= 11 is 0. The molecule has 13 N–H and O–H groups in total. The van der Waals surface area contributed by atoms with Crippen LogP contribution >= 0.6 is 0 Å². The van der Waals surface area contributed by atoms with Crippen LogP contribution in [0.25, 0.3) is 0 Å².